The van der Waals surface area contributed by atoms with Gasteiger partial charge in [-0.25, -0.2) is 0 Å². The predicted octanol–water partition coefficient (Wildman–Crippen LogP) is 4.03. The van der Waals surface area contributed by atoms with E-state index in [9.17, 15) is 14.7 Å². The second-order valence-electron chi connectivity index (χ2n) is 5.05. The number of allylic oxidation sites excluding steroid dienone is 1. The van der Waals surface area contributed by atoms with Crippen LogP contribution in [0.3, 0.4) is 0 Å². The Balaban J connectivity index is 2.40. The predicted molar refractivity (Wildman–Crippen MR) is 91.4 cm³/mol. The number of aromatic hydroxyl groups is 1. The molecule has 0 saturated heterocycles. The molecule has 2 aromatic rings. The number of rotatable bonds is 3. The molecule has 1 N–H and O–H groups in total. The van der Waals surface area contributed by atoms with Crippen molar-refractivity contribution in [3.8, 4) is 5.75 Å². The van der Waals surface area contributed by atoms with Crippen molar-refractivity contribution in [3.63, 3.8) is 0 Å². The summed E-state index contributed by atoms with van der Waals surface area (Å²) < 4.78 is 0.549. The summed E-state index contributed by atoms with van der Waals surface area (Å²) in [6.07, 6.45) is 3.04. The van der Waals surface area contributed by atoms with Crippen molar-refractivity contribution in [2.75, 3.05) is 0 Å². The Hall–Kier alpha value is -2.20. The number of hydrogen-bond donors (Lipinski definition) is 1. The fourth-order valence-corrected chi connectivity index (χ4v) is 2.44. The van der Waals surface area contributed by atoms with Gasteiger partial charge in [0.05, 0.1) is 5.56 Å². The highest BCUT2D eigenvalue weighted by Crippen LogP contribution is 2.18. The Morgan fingerprint density at radius 1 is 1.14 bits per heavy atom. The van der Waals surface area contributed by atoms with Gasteiger partial charge in [-0.3, -0.25) is 9.59 Å². The smallest absolute Gasteiger partial charge is 0.220 e. The molecule has 0 spiro atoms. The summed E-state index contributed by atoms with van der Waals surface area (Å²) in [5.74, 6) is -0.965. The molecule has 0 saturated carbocycles. The van der Waals surface area contributed by atoms with Crippen LogP contribution in [0.4, 0.5) is 0 Å². The Kier molecular flexibility index (Phi) is 4.93. The Morgan fingerprint density at radius 3 is 2.55 bits per heavy atom. The molecule has 2 rings (SSSR count). The zero-order chi connectivity index (χ0) is 16.3. The molecule has 0 aromatic heterocycles. The van der Waals surface area contributed by atoms with E-state index < -0.39 is 17.0 Å². The van der Waals surface area contributed by atoms with E-state index in [1.54, 1.807) is 6.08 Å². The average Bonchev–Trinajstić information content (AvgIpc) is 2.59. The molecule has 3 nitrogen and oxygen atoms in total. The van der Waals surface area contributed by atoms with Gasteiger partial charge in [0.15, 0.2) is 11.5 Å². The molecule has 0 heterocycles. The largest absolute Gasteiger partial charge is 0.504 e. The summed E-state index contributed by atoms with van der Waals surface area (Å²) in [4.78, 5) is 23.9. The number of halogens is 1. The van der Waals surface area contributed by atoms with Gasteiger partial charge in [0.2, 0.25) is 5.43 Å². The van der Waals surface area contributed by atoms with E-state index >= 15 is 0 Å². The maximum atomic E-state index is 12.3. The Morgan fingerprint density at radius 2 is 1.86 bits per heavy atom. The molecule has 0 bridgehead atoms. The fourth-order valence-electron chi connectivity index (χ4n) is 2.08. The molecular weight excluding hydrogens is 344 g/mol. The summed E-state index contributed by atoms with van der Waals surface area (Å²) in [6, 6.07) is 10.1. The van der Waals surface area contributed by atoms with Crippen molar-refractivity contribution in [1.29, 1.82) is 0 Å². The molecule has 22 heavy (non-hydrogen) atoms. The summed E-state index contributed by atoms with van der Waals surface area (Å²) in [5, 5.41) is 9.85. The van der Waals surface area contributed by atoms with Gasteiger partial charge < -0.3 is 5.11 Å². The molecular formula is C18H15BrO3. The average molecular weight is 359 g/mol. The van der Waals surface area contributed by atoms with Crippen LogP contribution in [0.25, 0.3) is 6.08 Å². The molecule has 0 aliphatic rings. The van der Waals surface area contributed by atoms with Gasteiger partial charge in [0, 0.05) is 4.47 Å². The minimum atomic E-state index is -0.589. The van der Waals surface area contributed by atoms with Crippen LogP contribution in [-0.2, 0) is 0 Å². The van der Waals surface area contributed by atoms with Gasteiger partial charge in [0.25, 0.3) is 0 Å². The Bertz CT molecular complexity index is 823. The summed E-state index contributed by atoms with van der Waals surface area (Å²) in [6.45, 7) is 3.96. The molecule has 0 fully saturated rings. The fraction of sp³-hybridized carbons (Fsp3) is 0.111. The third-order valence-electron chi connectivity index (χ3n) is 3.27. The van der Waals surface area contributed by atoms with E-state index in [0.717, 1.165) is 16.7 Å². The second kappa shape index (κ2) is 6.71. The number of benzene rings is 1. The molecule has 4 heteroatoms. The van der Waals surface area contributed by atoms with Gasteiger partial charge in [-0.05, 0) is 49.2 Å². The highest BCUT2D eigenvalue weighted by Gasteiger charge is 2.11. The van der Waals surface area contributed by atoms with Crippen LogP contribution < -0.4 is 5.43 Å². The van der Waals surface area contributed by atoms with E-state index in [2.05, 4.69) is 15.9 Å². The number of ketones is 1. The van der Waals surface area contributed by atoms with Gasteiger partial charge in [-0.15, -0.1) is 0 Å². The molecule has 0 amide bonds. The number of aryl methyl sites for hydroxylation is 2. The van der Waals surface area contributed by atoms with Crippen LogP contribution in [-0.4, -0.2) is 10.9 Å². The highest BCUT2D eigenvalue weighted by atomic mass is 79.9. The molecule has 0 unspecified atom stereocenters. The third kappa shape index (κ3) is 3.71. The van der Waals surface area contributed by atoms with Crippen LogP contribution in [0.5, 0.6) is 5.75 Å². The maximum Gasteiger partial charge on any atom is 0.220 e. The van der Waals surface area contributed by atoms with Crippen LogP contribution >= 0.6 is 15.9 Å². The first-order chi connectivity index (χ1) is 10.4. The topological polar surface area (TPSA) is 54.4 Å². The van der Waals surface area contributed by atoms with E-state index in [-0.39, 0.29) is 5.56 Å². The summed E-state index contributed by atoms with van der Waals surface area (Å²) in [5.41, 5.74) is 2.50. The lowest BCUT2D eigenvalue weighted by atomic mass is 10.0. The van der Waals surface area contributed by atoms with Crippen molar-refractivity contribution in [2.24, 2.45) is 0 Å². The first-order valence-corrected chi connectivity index (χ1v) is 7.50. The second-order valence-corrected chi connectivity index (χ2v) is 5.96. The van der Waals surface area contributed by atoms with Gasteiger partial charge >= 0.3 is 0 Å². The van der Waals surface area contributed by atoms with Crippen LogP contribution in [0.15, 0.2) is 51.7 Å². The molecule has 0 aliphatic carbocycles. The molecule has 0 radical (unpaired) electrons. The first kappa shape index (κ1) is 16.2. The number of carbonyl (C=O) groups is 1. The van der Waals surface area contributed by atoms with E-state index in [1.165, 1.54) is 24.3 Å². The number of carbonyl (C=O) groups excluding carboxylic acids is 1. The van der Waals surface area contributed by atoms with Crippen molar-refractivity contribution in [2.45, 2.75) is 13.8 Å². The Labute approximate surface area is 137 Å². The highest BCUT2D eigenvalue weighted by molar-refractivity contribution is 9.10. The lowest BCUT2D eigenvalue weighted by Crippen LogP contribution is -2.01. The standard InChI is InChI=1S/C18H15BrO3/c1-11-3-4-13(12(2)9-11)5-7-16(20)15-10-14(19)6-8-17(21)18(15)22/h3-10H,1-2H3,(H,21,22). The van der Waals surface area contributed by atoms with Crippen LogP contribution in [0.1, 0.15) is 27.0 Å². The molecule has 0 atom stereocenters. The van der Waals surface area contributed by atoms with Crippen molar-refractivity contribution >= 4 is 27.8 Å². The maximum absolute atomic E-state index is 12.3. The van der Waals surface area contributed by atoms with E-state index in [4.69, 9.17) is 0 Å². The lowest BCUT2D eigenvalue weighted by molar-refractivity contribution is 0.104. The zero-order valence-electron chi connectivity index (χ0n) is 12.3. The normalized spacial score (nSPS) is 10.9. The van der Waals surface area contributed by atoms with Crippen LogP contribution in [0, 0.1) is 13.8 Å². The summed E-state index contributed by atoms with van der Waals surface area (Å²) >= 11 is 3.22. The first-order valence-electron chi connectivity index (χ1n) is 6.71. The minimum Gasteiger partial charge on any atom is -0.504 e. The van der Waals surface area contributed by atoms with Gasteiger partial charge in [-0.2, -0.15) is 0 Å². The van der Waals surface area contributed by atoms with E-state index in [0.29, 0.717) is 4.47 Å². The van der Waals surface area contributed by atoms with Gasteiger partial charge in [0.1, 0.15) is 0 Å². The lowest BCUT2D eigenvalue weighted by Gasteiger charge is -2.01. The number of hydrogen-bond acceptors (Lipinski definition) is 3. The third-order valence-corrected chi connectivity index (χ3v) is 3.76. The minimum absolute atomic E-state index is 0.0251. The van der Waals surface area contributed by atoms with Gasteiger partial charge in [-0.1, -0.05) is 45.8 Å². The van der Waals surface area contributed by atoms with Crippen molar-refractivity contribution in [3.05, 3.63) is 79.4 Å². The molecule has 2 aromatic carbocycles. The summed E-state index contributed by atoms with van der Waals surface area (Å²) in [7, 11) is 0. The molecule has 112 valence electrons. The zero-order valence-corrected chi connectivity index (χ0v) is 13.8. The van der Waals surface area contributed by atoms with E-state index in [1.807, 2.05) is 32.0 Å². The van der Waals surface area contributed by atoms with Crippen molar-refractivity contribution < 1.29 is 9.90 Å². The van der Waals surface area contributed by atoms with Crippen LogP contribution in [0.2, 0.25) is 0 Å². The monoisotopic (exact) mass is 358 g/mol. The quantitative estimate of drug-likeness (QED) is 0.665. The molecule has 0 aliphatic heterocycles. The SMILES string of the molecule is Cc1ccc(C=CC(=O)c2cc(Br)ccc(=O)c2O)c(C)c1. The van der Waals surface area contributed by atoms with Crippen molar-refractivity contribution in [1.82, 2.24) is 0 Å².